The van der Waals surface area contributed by atoms with Gasteiger partial charge in [-0.1, -0.05) is 42.5 Å². The number of hydrogen-bond acceptors (Lipinski definition) is 2. The Kier molecular flexibility index (Phi) is 5.40. The number of ether oxygens (including phenoxy) is 1. The van der Waals surface area contributed by atoms with Gasteiger partial charge in [0.2, 0.25) is 0 Å². The van der Waals surface area contributed by atoms with Crippen LogP contribution < -0.4 is 10.5 Å². The summed E-state index contributed by atoms with van der Waals surface area (Å²) in [6, 6.07) is 18.1. The first-order chi connectivity index (χ1) is 8.55. The van der Waals surface area contributed by atoms with Crippen molar-refractivity contribution in [1.82, 2.24) is 0 Å². The summed E-state index contributed by atoms with van der Waals surface area (Å²) >= 11 is 0. The summed E-state index contributed by atoms with van der Waals surface area (Å²) in [5, 5.41) is 0. The van der Waals surface area contributed by atoms with Gasteiger partial charge >= 0.3 is 0 Å². The third-order valence-corrected chi connectivity index (χ3v) is 2.83. The highest BCUT2D eigenvalue weighted by Crippen LogP contribution is 2.22. The lowest BCUT2D eigenvalue weighted by molar-refractivity contribution is 0.305. The number of nitrogens with two attached hydrogens (primary N) is 1. The molecule has 0 radical (unpaired) electrons. The molecule has 2 aromatic carbocycles. The van der Waals surface area contributed by atoms with E-state index in [1.54, 1.807) is 0 Å². The Bertz CT molecular complexity index is 506. The molecule has 2 nitrogen and oxygen atoms in total. The highest BCUT2D eigenvalue weighted by molar-refractivity contribution is 5.85. The molecule has 2 N–H and O–H groups in total. The van der Waals surface area contributed by atoms with E-state index in [1.165, 1.54) is 0 Å². The maximum absolute atomic E-state index is 6.08. The Morgan fingerprint density at radius 1 is 1.00 bits per heavy atom. The second-order valence-corrected chi connectivity index (χ2v) is 5.02. The van der Waals surface area contributed by atoms with Gasteiger partial charge in [-0.3, -0.25) is 0 Å². The molecule has 0 aliphatic carbocycles. The van der Waals surface area contributed by atoms with Crippen molar-refractivity contribution in [2.45, 2.75) is 26.0 Å². The Balaban J connectivity index is 0.00000180. The van der Waals surface area contributed by atoms with E-state index in [0.717, 1.165) is 16.9 Å². The molecule has 19 heavy (non-hydrogen) atoms. The molecule has 0 amide bonds. The molecule has 2 rings (SSSR count). The van der Waals surface area contributed by atoms with E-state index in [2.05, 4.69) is 12.1 Å². The molecule has 0 saturated carbocycles. The first kappa shape index (κ1) is 15.5. The third-order valence-electron chi connectivity index (χ3n) is 2.83. The van der Waals surface area contributed by atoms with Crippen molar-refractivity contribution >= 4 is 12.4 Å². The topological polar surface area (TPSA) is 35.2 Å². The quantitative estimate of drug-likeness (QED) is 0.920. The Morgan fingerprint density at radius 3 is 2.32 bits per heavy atom. The van der Waals surface area contributed by atoms with Gasteiger partial charge in [0.1, 0.15) is 12.4 Å². The minimum absolute atomic E-state index is 0. The summed E-state index contributed by atoms with van der Waals surface area (Å²) < 4.78 is 5.77. The van der Waals surface area contributed by atoms with Crippen LogP contribution >= 0.6 is 12.4 Å². The van der Waals surface area contributed by atoms with Crippen LogP contribution in [0.3, 0.4) is 0 Å². The molecule has 3 heteroatoms. The normalized spacial score (nSPS) is 10.7. The van der Waals surface area contributed by atoms with E-state index < -0.39 is 0 Å². The van der Waals surface area contributed by atoms with Crippen molar-refractivity contribution in [3.8, 4) is 5.75 Å². The molecule has 0 aliphatic heterocycles. The lowest BCUT2D eigenvalue weighted by Gasteiger charge is -2.19. The molecule has 0 aliphatic rings. The van der Waals surface area contributed by atoms with Gasteiger partial charge in [0.15, 0.2) is 0 Å². The van der Waals surface area contributed by atoms with Crippen LogP contribution in [0.4, 0.5) is 0 Å². The summed E-state index contributed by atoms with van der Waals surface area (Å²) in [5.41, 5.74) is 7.98. The third kappa shape index (κ3) is 4.58. The lowest BCUT2D eigenvalue weighted by Crippen LogP contribution is -2.28. The van der Waals surface area contributed by atoms with Gasteiger partial charge in [-0.2, -0.15) is 0 Å². The highest BCUT2D eigenvalue weighted by atomic mass is 35.5. The van der Waals surface area contributed by atoms with E-state index in [0.29, 0.717) is 6.61 Å². The van der Waals surface area contributed by atoms with Crippen LogP contribution in [0.5, 0.6) is 5.75 Å². The van der Waals surface area contributed by atoms with Gasteiger partial charge in [-0.25, -0.2) is 0 Å². The number of rotatable bonds is 4. The highest BCUT2D eigenvalue weighted by Gasteiger charge is 2.14. The largest absolute Gasteiger partial charge is 0.489 e. The van der Waals surface area contributed by atoms with Gasteiger partial charge in [0.25, 0.3) is 0 Å². The van der Waals surface area contributed by atoms with Crippen LogP contribution in [-0.4, -0.2) is 0 Å². The zero-order chi connectivity index (χ0) is 13.0. The Hall–Kier alpha value is -1.51. The van der Waals surface area contributed by atoms with Crippen molar-refractivity contribution in [3.05, 3.63) is 65.7 Å². The number of halogens is 1. The fourth-order valence-corrected chi connectivity index (χ4v) is 1.73. The van der Waals surface area contributed by atoms with Crippen molar-refractivity contribution in [1.29, 1.82) is 0 Å². The second-order valence-electron chi connectivity index (χ2n) is 5.02. The summed E-state index contributed by atoms with van der Waals surface area (Å²) in [4.78, 5) is 0. The zero-order valence-corrected chi connectivity index (χ0v) is 12.1. The molecule has 0 unspecified atom stereocenters. The predicted octanol–water partition coefficient (Wildman–Crippen LogP) is 3.88. The summed E-state index contributed by atoms with van der Waals surface area (Å²) in [6.07, 6.45) is 0. The zero-order valence-electron chi connectivity index (χ0n) is 11.3. The van der Waals surface area contributed by atoms with Crippen molar-refractivity contribution < 1.29 is 4.74 Å². The van der Waals surface area contributed by atoms with Crippen LogP contribution in [0.25, 0.3) is 0 Å². The summed E-state index contributed by atoms with van der Waals surface area (Å²) in [6.45, 7) is 4.56. The summed E-state index contributed by atoms with van der Waals surface area (Å²) in [7, 11) is 0. The standard InChI is InChI=1S/C16H19NO.ClH/c1-16(2,17)14-9-6-10-15(11-14)18-12-13-7-4-3-5-8-13;/h3-11H,12,17H2,1-2H3;1H. The van der Waals surface area contributed by atoms with E-state index in [-0.39, 0.29) is 17.9 Å². The van der Waals surface area contributed by atoms with Crippen molar-refractivity contribution in [2.24, 2.45) is 5.73 Å². The van der Waals surface area contributed by atoms with Crippen LogP contribution in [0.2, 0.25) is 0 Å². The fourth-order valence-electron chi connectivity index (χ4n) is 1.73. The van der Waals surface area contributed by atoms with Crippen LogP contribution in [0.1, 0.15) is 25.0 Å². The van der Waals surface area contributed by atoms with Gasteiger partial charge in [0, 0.05) is 5.54 Å². The molecule has 0 heterocycles. The van der Waals surface area contributed by atoms with E-state index in [4.69, 9.17) is 10.5 Å². The fraction of sp³-hybridized carbons (Fsp3) is 0.250. The SMILES string of the molecule is CC(C)(N)c1cccc(OCc2ccccc2)c1.Cl. The maximum atomic E-state index is 6.08. The van der Waals surface area contributed by atoms with Crippen LogP contribution in [0, 0.1) is 0 Å². The Morgan fingerprint density at radius 2 is 1.68 bits per heavy atom. The molecule has 102 valence electrons. The minimum Gasteiger partial charge on any atom is -0.489 e. The van der Waals surface area contributed by atoms with Crippen molar-refractivity contribution in [2.75, 3.05) is 0 Å². The minimum atomic E-state index is -0.341. The van der Waals surface area contributed by atoms with Gasteiger partial charge < -0.3 is 10.5 Å². The first-order valence-corrected chi connectivity index (χ1v) is 6.12. The average Bonchev–Trinajstić information content (AvgIpc) is 2.37. The molecule has 2 aromatic rings. The smallest absolute Gasteiger partial charge is 0.120 e. The van der Waals surface area contributed by atoms with Crippen LogP contribution in [-0.2, 0) is 12.1 Å². The van der Waals surface area contributed by atoms with Gasteiger partial charge in [-0.15, -0.1) is 12.4 Å². The summed E-state index contributed by atoms with van der Waals surface area (Å²) in [5.74, 6) is 0.856. The molecular formula is C16H20ClNO. The van der Waals surface area contributed by atoms with Gasteiger partial charge in [0.05, 0.1) is 0 Å². The average molecular weight is 278 g/mol. The van der Waals surface area contributed by atoms with Crippen molar-refractivity contribution in [3.63, 3.8) is 0 Å². The predicted molar refractivity (Wildman–Crippen MR) is 81.7 cm³/mol. The second kappa shape index (κ2) is 6.60. The molecule has 0 fully saturated rings. The number of benzene rings is 2. The lowest BCUT2D eigenvalue weighted by atomic mass is 9.96. The molecular weight excluding hydrogens is 258 g/mol. The van der Waals surface area contributed by atoms with E-state index in [1.807, 2.05) is 56.3 Å². The number of hydrogen-bond donors (Lipinski definition) is 1. The first-order valence-electron chi connectivity index (χ1n) is 6.12. The molecule has 0 aromatic heterocycles. The monoisotopic (exact) mass is 277 g/mol. The van der Waals surface area contributed by atoms with Crippen LogP contribution in [0.15, 0.2) is 54.6 Å². The molecule has 0 saturated heterocycles. The van der Waals surface area contributed by atoms with E-state index in [9.17, 15) is 0 Å². The van der Waals surface area contributed by atoms with Gasteiger partial charge in [-0.05, 0) is 37.1 Å². The van der Waals surface area contributed by atoms with E-state index >= 15 is 0 Å². The maximum Gasteiger partial charge on any atom is 0.120 e. The Labute approximate surface area is 121 Å². The molecule has 0 bridgehead atoms. The molecule has 0 atom stereocenters. The molecule has 0 spiro atoms.